The SMILES string of the molecule is CC1Nc2ccccc2C1C(=O)NS(=O)(=O)c1ccc2ncsc2c1. The monoisotopic (exact) mass is 373 g/mol. The van der Waals surface area contributed by atoms with E-state index in [1.54, 1.807) is 11.6 Å². The van der Waals surface area contributed by atoms with Crippen molar-refractivity contribution in [2.75, 3.05) is 5.32 Å². The van der Waals surface area contributed by atoms with E-state index < -0.39 is 21.8 Å². The Kier molecular flexibility index (Phi) is 3.73. The Morgan fingerprint density at radius 2 is 2.04 bits per heavy atom. The molecule has 0 saturated heterocycles. The van der Waals surface area contributed by atoms with Gasteiger partial charge in [0.15, 0.2) is 0 Å². The minimum atomic E-state index is -3.94. The first-order valence-electron chi connectivity index (χ1n) is 7.71. The summed E-state index contributed by atoms with van der Waals surface area (Å²) in [6, 6.07) is 11.9. The number of fused-ring (bicyclic) bond motifs is 2. The van der Waals surface area contributed by atoms with Crippen molar-refractivity contribution < 1.29 is 13.2 Å². The molecule has 8 heteroatoms. The third-order valence-electron chi connectivity index (χ3n) is 4.31. The van der Waals surface area contributed by atoms with E-state index in [1.807, 2.05) is 31.2 Å². The first kappa shape index (κ1) is 16.0. The summed E-state index contributed by atoms with van der Waals surface area (Å²) in [6.45, 7) is 1.86. The van der Waals surface area contributed by atoms with Crippen LogP contribution >= 0.6 is 11.3 Å². The Morgan fingerprint density at radius 1 is 1.24 bits per heavy atom. The van der Waals surface area contributed by atoms with Gasteiger partial charge in [0.1, 0.15) is 0 Å². The number of rotatable bonds is 3. The van der Waals surface area contributed by atoms with Crippen molar-refractivity contribution in [2.45, 2.75) is 23.8 Å². The molecule has 0 aliphatic carbocycles. The number of hydrogen-bond donors (Lipinski definition) is 2. The number of sulfonamides is 1. The molecule has 6 nitrogen and oxygen atoms in total. The average Bonchev–Trinajstić information content (AvgIpc) is 3.16. The van der Waals surface area contributed by atoms with Gasteiger partial charge in [-0.3, -0.25) is 4.79 Å². The largest absolute Gasteiger partial charge is 0.381 e. The van der Waals surface area contributed by atoms with Gasteiger partial charge in [0.25, 0.3) is 10.0 Å². The molecule has 2 aromatic carbocycles. The summed E-state index contributed by atoms with van der Waals surface area (Å²) in [5.41, 5.74) is 4.06. The molecule has 1 aliphatic heterocycles. The topological polar surface area (TPSA) is 88.2 Å². The third-order valence-corrected chi connectivity index (χ3v) is 6.45. The van der Waals surface area contributed by atoms with Crippen LogP contribution in [0.5, 0.6) is 0 Å². The molecular formula is C17H15N3O3S2. The molecule has 2 N–H and O–H groups in total. The number of carbonyl (C=O) groups is 1. The molecule has 0 radical (unpaired) electrons. The fourth-order valence-electron chi connectivity index (χ4n) is 3.12. The highest BCUT2D eigenvalue weighted by atomic mass is 32.2. The van der Waals surface area contributed by atoms with Crippen molar-refractivity contribution in [3.8, 4) is 0 Å². The van der Waals surface area contributed by atoms with E-state index in [1.165, 1.54) is 23.5 Å². The van der Waals surface area contributed by atoms with Crippen molar-refractivity contribution in [3.63, 3.8) is 0 Å². The Hall–Kier alpha value is -2.45. The van der Waals surface area contributed by atoms with Crippen LogP contribution in [-0.4, -0.2) is 25.4 Å². The second-order valence-corrected chi connectivity index (χ2v) is 8.52. The molecule has 25 heavy (non-hydrogen) atoms. The van der Waals surface area contributed by atoms with E-state index in [0.717, 1.165) is 21.5 Å². The first-order chi connectivity index (χ1) is 12.0. The average molecular weight is 373 g/mol. The molecule has 0 saturated carbocycles. The number of nitrogens with zero attached hydrogens (tertiary/aromatic N) is 1. The Morgan fingerprint density at radius 3 is 2.88 bits per heavy atom. The molecule has 0 bridgehead atoms. The molecule has 1 amide bonds. The number of amides is 1. The highest BCUT2D eigenvalue weighted by molar-refractivity contribution is 7.90. The summed E-state index contributed by atoms with van der Waals surface area (Å²) in [5, 5.41) is 3.21. The van der Waals surface area contributed by atoms with E-state index in [2.05, 4.69) is 15.0 Å². The number of nitrogens with one attached hydrogen (secondary N) is 2. The summed E-state index contributed by atoms with van der Waals surface area (Å²) >= 11 is 1.35. The predicted octanol–water partition coefficient (Wildman–Crippen LogP) is 2.70. The number of para-hydroxylation sites is 1. The molecule has 1 aliphatic rings. The fourth-order valence-corrected chi connectivity index (χ4v) is 4.94. The van der Waals surface area contributed by atoms with Crippen molar-refractivity contribution in [1.82, 2.24) is 9.71 Å². The quantitative estimate of drug-likeness (QED) is 0.737. The number of hydrogen-bond acceptors (Lipinski definition) is 6. The molecule has 2 atom stereocenters. The normalized spacial score (nSPS) is 19.4. The van der Waals surface area contributed by atoms with Gasteiger partial charge in [0.05, 0.1) is 26.5 Å². The molecule has 0 fully saturated rings. The smallest absolute Gasteiger partial charge is 0.264 e. The summed E-state index contributed by atoms with van der Waals surface area (Å²) in [4.78, 5) is 16.9. The zero-order valence-corrected chi connectivity index (χ0v) is 14.9. The third kappa shape index (κ3) is 2.77. The molecule has 1 aromatic heterocycles. The minimum Gasteiger partial charge on any atom is -0.381 e. The maximum Gasteiger partial charge on any atom is 0.264 e. The molecule has 2 heterocycles. The molecule has 0 spiro atoms. The van der Waals surface area contributed by atoms with Crippen LogP contribution < -0.4 is 10.0 Å². The van der Waals surface area contributed by atoms with Gasteiger partial charge in [-0.1, -0.05) is 18.2 Å². The van der Waals surface area contributed by atoms with E-state index in [9.17, 15) is 13.2 Å². The summed E-state index contributed by atoms with van der Waals surface area (Å²) < 4.78 is 28.2. The molecule has 128 valence electrons. The van der Waals surface area contributed by atoms with Crippen molar-refractivity contribution in [1.29, 1.82) is 0 Å². The highest BCUT2D eigenvalue weighted by Gasteiger charge is 2.36. The van der Waals surface area contributed by atoms with Crippen LogP contribution in [0.4, 0.5) is 5.69 Å². The Bertz CT molecular complexity index is 1080. The van der Waals surface area contributed by atoms with Crippen LogP contribution in [0.2, 0.25) is 0 Å². The Labute approximate surface area is 149 Å². The van der Waals surface area contributed by atoms with E-state index in [4.69, 9.17) is 0 Å². The number of anilines is 1. The van der Waals surface area contributed by atoms with Gasteiger partial charge in [-0.15, -0.1) is 11.3 Å². The van der Waals surface area contributed by atoms with E-state index in [-0.39, 0.29) is 10.9 Å². The summed E-state index contributed by atoms with van der Waals surface area (Å²) in [6.07, 6.45) is 0. The second kappa shape index (κ2) is 5.82. The van der Waals surface area contributed by atoms with Gasteiger partial charge in [0.2, 0.25) is 5.91 Å². The van der Waals surface area contributed by atoms with Gasteiger partial charge in [0, 0.05) is 11.7 Å². The van der Waals surface area contributed by atoms with Gasteiger partial charge in [-0.25, -0.2) is 18.1 Å². The van der Waals surface area contributed by atoms with Gasteiger partial charge in [-0.05, 0) is 36.8 Å². The fraction of sp³-hybridized carbons (Fsp3) is 0.176. The van der Waals surface area contributed by atoms with Crippen LogP contribution in [0.25, 0.3) is 10.2 Å². The number of thiazole rings is 1. The number of aromatic nitrogens is 1. The number of carbonyl (C=O) groups excluding carboxylic acids is 1. The lowest BCUT2D eigenvalue weighted by atomic mass is 9.96. The molecule has 4 rings (SSSR count). The lowest BCUT2D eigenvalue weighted by Gasteiger charge is -2.16. The highest BCUT2D eigenvalue weighted by Crippen LogP contribution is 2.36. The van der Waals surface area contributed by atoms with Gasteiger partial charge >= 0.3 is 0 Å². The van der Waals surface area contributed by atoms with Crippen LogP contribution in [0.15, 0.2) is 52.9 Å². The van der Waals surface area contributed by atoms with E-state index >= 15 is 0 Å². The van der Waals surface area contributed by atoms with Crippen molar-refractivity contribution in [3.05, 3.63) is 53.5 Å². The maximum atomic E-state index is 12.7. The second-order valence-electron chi connectivity index (χ2n) is 5.95. The molecule has 3 aromatic rings. The van der Waals surface area contributed by atoms with Crippen molar-refractivity contribution in [2.24, 2.45) is 0 Å². The zero-order valence-electron chi connectivity index (χ0n) is 13.3. The number of benzene rings is 2. The van der Waals surface area contributed by atoms with Crippen LogP contribution in [-0.2, 0) is 14.8 Å². The maximum absolute atomic E-state index is 12.7. The zero-order chi connectivity index (χ0) is 17.6. The minimum absolute atomic E-state index is 0.0597. The first-order valence-corrected chi connectivity index (χ1v) is 10.1. The molecule has 2 unspecified atom stereocenters. The lowest BCUT2D eigenvalue weighted by molar-refractivity contribution is -0.120. The summed E-state index contributed by atoms with van der Waals surface area (Å²) in [5.74, 6) is -1.09. The van der Waals surface area contributed by atoms with E-state index in [0.29, 0.717) is 0 Å². The predicted molar refractivity (Wildman–Crippen MR) is 97.2 cm³/mol. The van der Waals surface area contributed by atoms with Crippen molar-refractivity contribution >= 4 is 43.2 Å². The van der Waals surface area contributed by atoms with Gasteiger partial charge in [-0.2, -0.15) is 0 Å². The van der Waals surface area contributed by atoms with Crippen LogP contribution in [0.1, 0.15) is 18.4 Å². The standard InChI is InChI=1S/C17H15N3O3S2/c1-10-16(12-4-2-3-5-13(12)19-10)17(21)20-25(22,23)11-6-7-14-15(8-11)24-9-18-14/h2-10,16,19H,1H3,(H,20,21). The summed E-state index contributed by atoms with van der Waals surface area (Å²) in [7, 11) is -3.94. The molecular weight excluding hydrogens is 358 g/mol. The van der Waals surface area contributed by atoms with Crippen LogP contribution in [0, 0.1) is 0 Å². The Balaban J connectivity index is 1.63. The van der Waals surface area contributed by atoms with Crippen LogP contribution in [0.3, 0.4) is 0 Å². The lowest BCUT2D eigenvalue weighted by Crippen LogP contribution is -2.38. The van der Waals surface area contributed by atoms with Gasteiger partial charge < -0.3 is 5.32 Å².